The SMILES string of the molecule is ClC(CCC1CCCCC1)Cc1cccc2ccccc12. The van der Waals surface area contributed by atoms with Gasteiger partial charge >= 0.3 is 0 Å². The fraction of sp³-hybridized carbons (Fsp3) is 0.500. The van der Waals surface area contributed by atoms with Crippen molar-refractivity contribution in [1.82, 2.24) is 0 Å². The molecule has 1 heteroatoms. The van der Waals surface area contributed by atoms with Crippen LogP contribution in [0, 0.1) is 5.92 Å². The number of benzene rings is 2. The van der Waals surface area contributed by atoms with Crippen molar-refractivity contribution >= 4 is 22.4 Å². The number of hydrogen-bond acceptors (Lipinski definition) is 0. The molecule has 1 fully saturated rings. The molecule has 0 aliphatic heterocycles. The Hall–Kier alpha value is -1.01. The molecular weight excluding hydrogens is 276 g/mol. The van der Waals surface area contributed by atoms with Crippen molar-refractivity contribution in [2.75, 3.05) is 0 Å². The van der Waals surface area contributed by atoms with Crippen LogP contribution in [0.25, 0.3) is 10.8 Å². The summed E-state index contributed by atoms with van der Waals surface area (Å²) in [6.07, 6.45) is 10.6. The van der Waals surface area contributed by atoms with Gasteiger partial charge in [-0.3, -0.25) is 0 Å². The number of alkyl halides is 1. The summed E-state index contributed by atoms with van der Waals surface area (Å²) >= 11 is 6.63. The van der Waals surface area contributed by atoms with E-state index in [4.69, 9.17) is 11.6 Å². The molecule has 1 unspecified atom stereocenters. The molecule has 1 aliphatic rings. The molecule has 0 bridgehead atoms. The standard InChI is InChI=1S/C20H25Cl/c21-19(14-13-16-7-2-1-3-8-16)15-18-11-6-10-17-9-4-5-12-20(17)18/h4-6,9-12,16,19H,1-3,7-8,13-15H2. The van der Waals surface area contributed by atoms with E-state index >= 15 is 0 Å². The van der Waals surface area contributed by atoms with Crippen molar-refractivity contribution in [3.05, 3.63) is 48.0 Å². The Morgan fingerprint density at radius 2 is 1.71 bits per heavy atom. The zero-order valence-corrected chi connectivity index (χ0v) is 13.5. The van der Waals surface area contributed by atoms with Gasteiger partial charge in [-0.15, -0.1) is 11.6 Å². The van der Waals surface area contributed by atoms with Crippen molar-refractivity contribution in [2.45, 2.75) is 56.7 Å². The Labute approximate surface area is 133 Å². The van der Waals surface area contributed by atoms with Crippen LogP contribution in [-0.4, -0.2) is 5.38 Å². The molecule has 0 nitrogen and oxygen atoms in total. The number of rotatable bonds is 5. The zero-order valence-electron chi connectivity index (χ0n) is 12.7. The molecule has 1 atom stereocenters. The molecule has 0 radical (unpaired) electrons. The van der Waals surface area contributed by atoms with Gasteiger partial charge in [-0.2, -0.15) is 0 Å². The topological polar surface area (TPSA) is 0 Å². The van der Waals surface area contributed by atoms with E-state index in [9.17, 15) is 0 Å². The van der Waals surface area contributed by atoms with Gasteiger partial charge in [0.2, 0.25) is 0 Å². The first-order valence-corrected chi connectivity index (χ1v) is 8.87. The summed E-state index contributed by atoms with van der Waals surface area (Å²) in [6.45, 7) is 0. The minimum atomic E-state index is 0.276. The Morgan fingerprint density at radius 3 is 2.57 bits per heavy atom. The Kier molecular flexibility index (Phi) is 5.19. The molecule has 0 saturated heterocycles. The third-order valence-electron chi connectivity index (χ3n) is 4.93. The highest BCUT2D eigenvalue weighted by Crippen LogP contribution is 2.29. The Bertz CT molecular complexity index is 564. The monoisotopic (exact) mass is 300 g/mol. The van der Waals surface area contributed by atoms with E-state index in [2.05, 4.69) is 42.5 Å². The van der Waals surface area contributed by atoms with Crippen LogP contribution >= 0.6 is 11.6 Å². The fourth-order valence-corrected chi connectivity index (χ4v) is 4.00. The van der Waals surface area contributed by atoms with Gasteiger partial charge in [0, 0.05) is 5.38 Å². The van der Waals surface area contributed by atoms with Crippen LogP contribution in [0.15, 0.2) is 42.5 Å². The molecule has 21 heavy (non-hydrogen) atoms. The van der Waals surface area contributed by atoms with Crippen molar-refractivity contribution in [3.63, 3.8) is 0 Å². The molecule has 2 aromatic carbocycles. The first-order valence-electron chi connectivity index (χ1n) is 8.43. The predicted octanol–water partition coefficient (Wildman–Crippen LogP) is 6.35. The summed E-state index contributed by atoms with van der Waals surface area (Å²) in [6, 6.07) is 15.2. The Morgan fingerprint density at radius 1 is 0.952 bits per heavy atom. The van der Waals surface area contributed by atoms with E-state index in [1.54, 1.807) is 0 Å². The van der Waals surface area contributed by atoms with Gasteiger partial charge in [0.25, 0.3) is 0 Å². The van der Waals surface area contributed by atoms with Crippen molar-refractivity contribution in [2.24, 2.45) is 5.92 Å². The predicted molar refractivity (Wildman–Crippen MR) is 93.1 cm³/mol. The summed E-state index contributed by atoms with van der Waals surface area (Å²) in [5.74, 6) is 0.938. The maximum atomic E-state index is 6.63. The molecule has 1 saturated carbocycles. The van der Waals surface area contributed by atoms with Gasteiger partial charge in [-0.05, 0) is 41.5 Å². The third kappa shape index (κ3) is 4.01. The Balaban J connectivity index is 1.59. The molecule has 3 rings (SSSR count). The second kappa shape index (κ2) is 7.31. The van der Waals surface area contributed by atoms with Crippen LogP contribution in [-0.2, 0) is 6.42 Å². The van der Waals surface area contributed by atoms with E-state index in [1.165, 1.54) is 54.9 Å². The normalized spacial score (nSPS) is 18.0. The van der Waals surface area contributed by atoms with Crippen molar-refractivity contribution in [3.8, 4) is 0 Å². The summed E-state index contributed by atoms with van der Waals surface area (Å²) in [7, 11) is 0. The van der Waals surface area contributed by atoms with E-state index in [-0.39, 0.29) is 5.38 Å². The summed E-state index contributed by atoms with van der Waals surface area (Å²) in [4.78, 5) is 0. The van der Waals surface area contributed by atoms with E-state index in [0.29, 0.717) is 0 Å². The number of halogens is 1. The van der Waals surface area contributed by atoms with Crippen LogP contribution < -0.4 is 0 Å². The highest BCUT2D eigenvalue weighted by Gasteiger charge is 2.16. The first kappa shape index (κ1) is 14.9. The lowest BCUT2D eigenvalue weighted by molar-refractivity contribution is 0.330. The lowest BCUT2D eigenvalue weighted by Crippen LogP contribution is -2.10. The van der Waals surface area contributed by atoms with Gasteiger partial charge in [0.05, 0.1) is 0 Å². The highest BCUT2D eigenvalue weighted by atomic mass is 35.5. The maximum absolute atomic E-state index is 6.63. The molecule has 0 amide bonds. The van der Waals surface area contributed by atoms with Crippen LogP contribution in [0.5, 0.6) is 0 Å². The molecule has 112 valence electrons. The second-order valence-electron chi connectivity index (χ2n) is 6.52. The third-order valence-corrected chi connectivity index (χ3v) is 5.31. The maximum Gasteiger partial charge on any atom is 0.0376 e. The largest absolute Gasteiger partial charge is 0.123 e. The fourth-order valence-electron chi connectivity index (χ4n) is 3.70. The second-order valence-corrected chi connectivity index (χ2v) is 7.14. The zero-order chi connectivity index (χ0) is 14.5. The van der Waals surface area contributed by atoms with Gasteiger partial charge in [-0.1, -0.05) is 74.6 Å². The highest BCUT2D eigenvalue weighted by molar-refractivity contribution is 6.20. The summed E-state index contributed by atoms with van der Waals surface area (Å²) in [5.41, 5.74) is 1.40. The molecule has 0 spiro atoms. The van der Waals surface area contributed by atoms with E-state index < -0.39 is 0 Å². The smallest absolute Gasteiger partial charge is 0.0376 e. The average molecular weight is 301 g/mol. The van der Waals surface area contributed by atoms with Crippen LogP contribution in [0.2, 0.25) is 0 Å². The lowest BCUT2D eigenvalue weighted by atomic mass is 9.85. The minimum Gasteiger partial charge on any atom is -0.123 e. The van der Waals surface area contributed by atoms with Gasteiger partial charge in [0.1, 0.15) is 0 Å². The van der Waals surface area contributed by atoms with E-state index in [1.807, 2.05) is 0 Å². The molecule has 2 aromatic rings. The van der Waals surface area contributed by atoms with Gasteiger partial charge in [0.15, 0.2) is 0 Å². The molecule has 0 heterocycles. The number of hydrogen-bond donors (Lipinski definition) is 0. The van der Waals surface area contributed by atoms with Crippen LogP contribution in [0.4, 0.5) is 0 Å². The molecule has 1 aliphatic carbocycles. The summed E-state index contributed by atoms with van der Waals surface area (Å²) in [5, 5.41) is 2.96. The first-order chi connectivity index (χ1) is 10.3. The average Bonchev–Trinajstić information content (AvgIpc) is 2.54. The lowest BCUT2D eigenvalue weighted by Gasteiger charge is -2.22. The van der Waals surface area contributed by atoms with Crippen LogP contribution in [0.3, 0.4) is 0 Å². The molecule has 0 N–H and O–H groups in total. The van der Waals surface area contributed by atoms with Crippen LogP contribution in [0.1, 0.15) is 50.5 Å². The van der Waals surface area contributed by atoms with Crippen molar-refractivity contribution < 1.29 is 0 Å². The van der Waals surface area contributed by atoms with Gasteiger partial charge < -0.3 is 0 Å². The number of fused-ring (bicyclic) bond motifs is 1. The summed E-state index contributed by atoms with van der Waals surface area (Å²) < 4.78 is 0. The van der Waals surface area contributed by atoms with Crippen molar-refractivity contribution in [1.29, 1.82) is 0 Å². The quantitative estimate of drug-likeness (QED) is 0.564. The molecular formula is C20H25Cl. The minimum absolute atomic E-state index is 0.276. The molecule has 0 aromatic heterocycles. The van der Waals surface area contributed by atoms with Gasteiger partial charge in [-0.25, -0.2) is 0 Å². The van der Waals surface area contributed by atoms with E-state index in [0.717, 1.165) is 18.8 Å².